The quantitative estimate of drug-likeness (QED) is 0.0472. The van der Waals surface area contributed by atoms with Gasteiger partial charge in [0.05, 0.1) is 38.1 Å². The maximum absolute atomic E-state index is 14.9. The maximum Gasteiger partial charge on any atom is 0.412 e. The number of aliphatic hydroxyl groups excluding tert-OH is 2. The molecule has 362 valence electrons. The highest BCUT2D eigenvalue weighted by Gasteiger charge is 2.66. The van der Waals surface area contributed by atoms with Crippen molar-refractivity contribution >= 4 is 17.9 Å². The number of benzene rings is 3. The highest BCUT2D eigenvalue weighted by atomic mass is 19.1. The molecule has 2 heterocycles. The highest BCUT2D eigenvalue weighted by Crippen LogP contribution is 2.62. The number of rotatable bonds is 23. The first kappa shape index (κ1) is 49.6. The molecule has 2 aliphatic heterocycles. The van der Waals surface area contributed by atoms with Crippen molar-refractivity contribution in [3.05, 3.63) is 120 Å². The van der Waals surface area contributed by atoms with Crippen LogP contribution in [-0.2, 0) is 36.9 Å². The van der Waals surface area contributed by atoms with Crippen molar-refractivity contribution in [3.8, 4) is 11.5 Å². The molecule has 2 aliphatic carbocycles. The molecule has 0 bridgehead atoms. The minimum atomic E-state index is -1.60. The van der Waals surface area contributed by atoms with E-state index in [9.17, 15) is 24.2 Å². The summed E-state index contributed by atoms with van der Waals surface area (Å²) in [5, 5.41) is 27.6. The number of fused-ring (bicyclic) bond motifs is 2. The summed E-state index contributed by atoms with van der Waals surface area (Å²) in [7, 11) is 0. The van der Waals surface area contributed by atoms with Gasteiger partial charge in [0.25, 0.3) is 0 Å². The maximum atomic E-state index is 14.9. The molecule has 3 aromatic carbocycles. The van der Waals surface area contributed by atoms with E-state index < -0.39 is 42.0 Å². The first-order chi connectivity index (χ1) is 32.8. The van der Waals surface area contributed by atoms with Crippen LogP contribution in [0.2, 0.25) is 0 Å². The van der Waals surface area contributed by atoms with Crippen molar-refractivity contribution in [1.82, 2.24) is 10.2 Å². The van der Waals surface area contributed by atoms with Crippen LogP contribution in [0.25, 0.3) is 0 Å². The normalized spacial score (nSPS) is 24.6. The monoisotopic (exact) mass is 927 g/mol. The molecule has 0 spiro atoms. The van der Waals surface area contributed by atoms with Crippen LogP contribution in [0.4, 0.5) is 14.0 Å². The lowest BCUT2D eigenvalue weighted by molar-refractivity contribution is -0.256. The van der Waals surface area contributed by atoms with E-state index in [1.54, 1.807) is 35.2 Å². The first-order valence-electron chi connectivity index (χ1n) is 23.9. The molecule has 1 saturated carbocycles. The highest BCUT2D eigenvalue weighted by molar-refractivity contribution is 6.03. The Kier molecular flexibility index (Phi) is 18.2. The number of oxime groups is 1. The van der Waals surface area contributed by atoms with E-state index in [0.29, 0.717) is 68.2 Å². The predicted octanol–water partition coefficient (Wildman–Crippen LogP) is 8.95. The van der Waals surface area contributed by atoms with Gasteiger partial charge in [0.15, 0.2) is 0 Å². The zero-order valence-electron chi connectivity index (χ0n) is 38.5. The van der Waals surface area contributed by atoms with Crippen molar-refractivity contribution in [2.45, 2.75) is 108 Å². The van der Waals surface area contributed by atoms with Crippen molar-refractivity contribution in [2.24, 2.45) is 22.9 Å². The van der Waals surface area contributed by atoms with E-state index in [4.69, 9.17) is 38.4 Å². The van der Waals surface area contributed by atoms with Crippen molar-refractivity contribution in [2.75, 3.05) is 46.2 Å². The molecule has 4 aliphatic rings. The third-order valence-electron chi connectivity index (χ3n) is 13.0. The summed E-state index contributed by atoms with van der Waals surface area (Å²) < 4.78 is 52.6. The van der Waals surface area contributed by atoms with Crippen LogP contribution in [0.3, 0.4) is 0 Å². The molecule has 2 fully saturated rings. The standard InChI is InChI=1S/C52H66FN3O11/c1-3-27-64-52-46(56(34-36-19-21-39(53)22-20-36)51(60)63-30-29-61-35-37-14-6-5-7-15-37)33-44(55-67-47-18-10-13-28-62-47)42-31-38(16-8-11-25-57)41(17-9-12-26-58)48(49(42)52)43-32-40(23-24-45(43)66-52)65-50(59)54-4-2/h3,5-7,14-15,19-24,31-32,38,41,46-49,57-58H,1,4,8-13,16-18,25-30,33-35H2,2H3,(H,54,59)/t38-,41+,46-,47?,48+,49+,52+/m0/s1. The van der Waals surface area contributed by atoms with Gasteiger partial charge in [0.2, 0.25) is 12.1 Å². The molecule has 0 aromatic heterocycles. The van der Waals surface area contributed by atoms with E-state index in [0.717, 1.165) is 48.8 Å². The first-order valence-corrected chi connectivity index (χ1v) is 23.9. The molecule has 1 saturated heterocycles. The average Bonchev–Trinajstić information content (AvgIpc) is 3.34. The smallest absolute Gasteiger partial charge is 0.412 e. The van der Waals surface area contributed by atoms with Crippen LogP contribution in [0.5, 0.6) is 11.5 Å². The van der Waals surface area contributed by atoms with Crippen LogP contribution in [0.1, 0.15) is 93.7 Å². The van der Waals surface area contributed by atoms with Gasteiger partial charge in [0.1, 0.15) is 30.0 Å². The number of hydrogen-bond acceptors (Lipinski definition) is 12. The fraction of sp³-hybridized carbons (Fsp3) is 0.519. The van der Waals surface area contributed by atoms with E-state index in [1.807, 2.05) is 43.3 Å². The Balaban J connectivity index is 1.38. The van der Waals surface area contributed by atoms with E-state index in [-0.39, 0.29) is 63.8 Å². The Morgan fingerprint density at radius 3 is 2.51 bits per heavy atom. The lowest BCUT2D eigenvalue weighted by atomic mass is 9.55. The van der Waals surface area contributed by atoms with Gasteiger partial charge in [-0.25, -0.2) is 14.0 Å². The SMILES string of the molecule is C=CCO[C@@]12Oc3ccc(OC(=O)NCC)cc3[C@H]3[C@H](CCCCO)[C@@H](CCCCO)C=C(C(=NOC4CCCCO4)C[C@@H]1N(Cc1ccc(F)cc1)C(=O)OCCOCc1ccccc1)[C@H]32. The molecule has 15 heteroatoms. The minimum Gasteiger partial charge on any atom is -0.459 e. The minimum absolute atomic E-state index is 0.0105. The molecular formula is C52H66FN3O11. The summed E-state index contributed by atoms with van der Waals surface area (Å²) in [4.78, 5) is 35.6. The molecular weight excluding hydrogens is 862 g/mol. The fourth-order valence-corrected chi connectivity index (χ4v) is 10.0. The number of aliphatic hydroxyl groups is 2. The number of hydrogen-bond donors (Lipinski definition) is 3. The largest absolute Gasteiger partial charge is 0.459 e. The molecule has 14 nitrogen and oxygen atoms in total. The topological polar surface area (TPSA) is 167 Å². The van der Waals surface area contributed by atoms with Gasteiger partial charge in [-0.3, -0.25) is 4.90 Å². The molecule has 2 amide bonds. The molecule has 67 heavy (non-hydrogen) atoms. The number of carbonyl (C=O) groups excluding carboxylic acids is 2. The molecule has 3 N–H and O–H groups in total. The number of carbonyl (C=O) groups is 2. The van der Waals surface area contributed by atoms with Crippen LogP contribution in [0, 0.1) is 23.6 Å². The van der Waals surface area contributed by atoms with Crippen molar-refractivity contribution in [1.29, 1.82) is 0 Å². The summed E-state index contributed by atoms with van der Waals surface area (Å²) in [5.74, 6) is -2.33. The third kappa shape index (κ3) is 12.4. The molecule has 7 atom stereocenters. The van der Waals surface area contributed by atoms with Gasteiger partial charge < -0.3 is 48.8 Å². The third-order valence-corrected chi connectivity index (χ3v) is 13.0. The van der Waals surface area contributed by atoms with E-state index in [2.05, 4.69) is 18.0 Å². The molecule has 0 radical (unpaired) electrons. The zero-order valence-corrected chi connectivity index (χ0v) is 38.5. The predicted molar refractivity (Wildman–Crippen MR) is 249 cm³/mol. The summed E-state index contributed by atoms with van der Waals surface area (Å²) in [6.07, 6.45) is 8.83. The van der Waals surface area contributed by atoms with Crippen molar-refractivity contribution in [3.63, 3.8) is 0 Å². The summed E-state index contributed by atoms with van der Waals surface area (Å²) in [6.45, 7) is 7.30. The van der Waals surface area contributed by atoms with E-state index >= 15 is 0 Å². The summed E-state index contributed by atoms with van der Waals surface area (Å²) >= 11 is 0. The van der Waals surface area contributed by atoms with Gasteiger partial charge in [-0.05, 0) is 104 Å². The Labute approximate surface area is 393 Å². The second-order valence-electron chi connectivity index (χ2n) is 17.5. The average molecular weight is 928 g/mol. The Morgan fingerprint density at radius 2 is 1.78 bits per heavy atom. The number of allylic oxidation sites excluding steroid dienone is 1. The fourth-order valence-electron chi connectivity index (χ4n) is 10.0. The Hall–Kier alpha value is -5.32. The lowest BCUT2D eigenvalue weighted by Crippen LogP contribution is -2.70. The molecule has 3 aromatic rings. The lowest BCUT2D eigenvalue weighted by Gasteiger charge is -2.59. The summed E-state index contributed by atoms with van der Waals surface area (Å²) in [5.41, 5.74) is 3.82. The van der Waals surface area contributed by atoms with Crippen molar-refractivity contribution < 1.29 is 57.5 Å². The molecule has 1 unspecified atom stereocenters. The van der Waals surface area contributed by atoms with Crippen LogP contribution in [-0.4, -0.2) is 97.3 Å². The van der Waals surface area contributed by atoms with Gasteiger partial charge >= 0.3 is 12.2 Å². The van der Waals surface area contributed by atoms with Gasteiger partial charge in [0, 0.05) is 50.6 Å². The van der Waals surface area contributed by atoms with Crippen LogP contribution >= 0.6 is 0 Å². The van der Waals surface area contributed by atoms with Crippen LogP contribution in [0.15, 0.2) is 102 Å². The van der Waals surface area contributed by atoms with Crippen LogP contribution < -0.4 is 14.8 Å². The number of halogens is 1. The number of unbranched alkanes of at least 4 members (excludes halogenated alkanes) is 2. The Morgan fingerprint density at radius 1 is 0.985 bits per heavy atom. The van der Waals surface area contributed by atoms with Gasteiger partial charge in [-0.15, -0.1) is 6.58 Å². The summed E-state index contributed by atoms with van der Waals surface area (Å²) in [6, 6.07) is 20.1. The number of amides is 2. The second-order valence-corrected chi connectivity index (χ2v) is 17.5. The number of nitrogens with zero attached hydrogens (tertiary/aromatic N) is 2. The number of ether oxygens (including phenoxy) is 6. The van der Waals surface area contributed by atoms with Gasteiger partial charge in [-0.2, -0.15) is 0 Å². The van der Waals surface area contributed by atoms with Gasteiger partial charge in [-0.1, -0.05) is 72.6 Å². The Bertz CT molecular complexity index is 2130. The molecule has 7 rings (SSSR count). The number of nitrogens with one attached hydrogen (secondary N) is 1. The van der Waals surface area contributed by atoms with E-state index in [1.165, 1.54) is 12.1 Å². The second kappa shape index (κ2) is 24.6. The zero-order chi connectivity index (χ0) is 47.0.